The molecule has 0 saturated carbocycles. The van der Waals surface area contributed by atoms with E-state index in [1.165, 1.54) is 0 Å². The van der Waals surface area contributed by atoms with Gasteiger partial charge in [-0.2, -0.15) is 0 Å². The fourth-order valence-electron chi connectivity index (χ4n) is 0.259. The van der Waals surface area contributed by atoms with Gasteiger partial charge in [0.05, 0.1) is 0 Å². The van der Waals surface area contributed by atoms with Crippen molar-refractivity contribution in [2.45, 2.75) is 6.48 Å². The van der Waals surface area contributed by atoms with E-state index in [0.29, 0.717) is 0 Å². The fourth-order valence-corrected chi connectivity index (χ4v) is 1.45. The first-order chi connectivity index (χ1) is 4.18. The molecule has 0 amide bonds. The van der Waals surface area contributed by atoms with Crippen LogP contribution in [0.3, 0.4) is 0 Å². The van der Waals surface area contributed by atoms with Gasteiger partial charge in [-0.3, -0.25) is 0 Å². The van der Waals surface area contributed by atoms with Gasteiger partial charge in [-0.05, 0) is 9.05 Å². The summed E-state index contributed by atoms with van der Waals surface area (Å²) in [5.41, 5.74) is 0. The second-order valence-electron chi connectivity index (χ2n) is 1.05. The van der Waals surface area contributed by atoms with Crippen LogP contribution in [0.15, 0.2) is 0 Å². The first kappa shape index (κ1) is 15.5. The average Bonchev–Trinajstić information content (AvgIpc) is 1.59. The van der Waals surface area contributed by atoms with Crippen LogP contribution in [0.5, 0.6) is 0 Å². The van der Waals surface area contributed by atoms with Gasteiger partial charge in [-0.25, -0.2) is 0 Å². The predicted octanol–water partition coefficient (Wildman–Crippen LogP) is -0.121. The van der Waals surface area contributed by atoms with E-state index in [9.17, 15) is 9.13 Å². The zero-order valence-electron chi connectivity index (χ0n) is 5.96. The second kappa shape index (κ2) is 7.44. The Kier molecular flexibility index (Phi) is 10.5. The summed E-state index contributed by atoms with van der Waals surface area (Å²) in [4.78, 5) is 0. The SMILES string of the molecule is O=[P+]1OC(O)O[P+](=O)O1.[Na].[Na]. The Morgan fingerprint density at radius 3 is 1.73 bits per heavy atom. The Morgan fingerprint density at radius 2 is 1.45 bits per heavy atom. The monoisotopic (exact) mass is 218 g/mol. The van der Waals surface area contributed by atoms with Gasteiger partial charge in [0.2, 0.25) is 0 Å². The van der Waals surface area contributed by atoms with E-state index in [2.05, 4.69) is 13.4 Å². The third-order valence-corrected chi connectivity index (χ3v) is 2.26. The summed E-state index contributed by atoms with van der Waals surface area (Å²) in [7, 11) is -4.96. The molecule has 1 heterocycles. The normalized spacial score (nSPS) is 30.1. The summed E-state index contributed by atoms with van der Waals surface area (Å²) in [6, 6.07) is 0. The topological polar surface area (TPSA) is 82.1 Å². The van der Waals surface area contributed by atoms with Crippen LogP contribution < -0.4 is 0 Å². The summed E-state index contributed by atoms with van der Waals surface area (Å²) in [6.45, 7) is -1.70. The number of rotatable bonds is 0. The molecule has 1 saturated heterocycles. The molecule has 1 rings (SSSR count). The molecular formula is CH2Na2O6P2+2. The minimum Gasteiger partial charge on any atom is -0.340 e. The molecule has 0 bridgehead atoms. The van der Waals surface area contributed by atoms with Crippen LogP contribution in [0.2, 0.25) is 0 Å². The van der Waals surface area contributed by atoms with E-state index in [-0.39, 0.29) is 59.1 Å². The molecule has 0 aromatic heterocycles. The van der Waals surface area contributed by atoms with Gasteiger partial charge < -0.3 is 5.11 Å². The van der Waals surface area contributed by atoms with Crippen LogP contribution in [0.1, 0.15) is 0 Å². The molecule has 1 aliphatic heterocycles. The van der Waals surface area contributed by atoms with Crippen LogP contribution in [-0.4, -0.2) is 70.7 Å². The quantitative estimate of drug-likeness (QED) is 0.450. The van der Waals surface area contributed by atoms with E-state index >= 15 is 0 Å². The van der Waals surface area contributed by atoms with Crippen molar-refractivity contribution >= 4 is 75.6 Å². The minimum absolute atomic E-state index is 0. The molecule has 2 radical (unpaired) electrons. The molecule has 2 unspecified atom stereocenters. The van der Waals surface area contributed by atoms with Gasteiger partial charge in [-0.15, -0.1) is 0 Å². The molecule has 0 aromatic rings. The molecule has 1 fully saturated rings. The van der Waals surface area contributed by atoms with Crippen molar-refractivity contribution in [3.8, 4) is 0 Å². The van der Waals surface area contributed by atoms with Gasteiger partial charge in [-0.1, -0.05) is 0 Å². The van der Waals surface area contributed by atoms with Gasteiger partial charge in [0.15, 0.2) is 4.31 Å². The predicted molar refractivity (Wildman–Crippen MR) is 36.0 cm³/mol. The Labute approximate surface area is 108 Å². The first-order valence-corrected chi connectivity index (χ1v) is 4.02. The third kappa shape index (κ3) is 6.16. The van der Waals surface area contributed by atoms with Crippen LogP contribution in [0, 0.1) is 0 Å². The van der Waals surface area contributed by atoms with E-state index in [0.717, 1.165) is 0 Å². The maximum atomic E-state index is 10.2. The molecule has 1 N–H and O–H groups in total. The van der Waals surface area contributed by atoms with E-state index < -0.39 is 23.0 Å². The first-order valence-electron chi connectivity index (χ1n) is 1.83. The smallest absolute Gasteiger partial charge is 0.340 e. The summed E-state index contributed by atoms with van der Waals surface area (Å²) in [5.74, 6) is 0. The molecule has 0 spiro atoms. The Morgan fingerprint density at radius 1 is 1.09 bits per heavy atom. The molecule has 0 aromatic carbocycles. The van der Waals surface area contributed by atoms with Gasteiger partial charge in [0.1, 0.15) is 0 Å². The van der Waals surface area contributed by atoms with Gasteiger partial charge in [0, 0.05) is 68.2 Å². The van der Waals surface area contributed by atoms with E-state index in [1.807, 2.05) is 0 Å². The molecule has 0 aliphatic carbocycles. The number of aliphatic hydroxyl groups excluding tert-OH is 1. The molecule has 10 heteroatoms. The van der Waals surface area contributed by atoms with Crippen LogP contribution in [0.25, 0.3) is 0 Å². The maximum Gasteiger partial charge on any atom is 0.753 e. The molecular weight excluding hydrogens is 216 g/mol. The Bertz CT molecular complexity index is 145. The van der Waals surface area contributed by atoms with Crippen molar-refractivity contribution in [1.29, 1.82) is 0 Å². The van der Waals surface area contributed by atoms with Gasteiger partial charge >= 0.3 is 23.0 Å². The van der Waals surface area contributed by atoms with Crippen molar-refractivity contribution in [2.24, 2.45) is 0 Å². The summed E-state index contributed by atoms with van der Waals surface area (Å²) < 4.78 is 32.3. The zero-order valence-corrected chi connectivity index (χ0v) is 11.7. The van der Waals surface area contributed by atoms with Crippen molar-refractivity contribution in [3.63, 3.8) is 0 Å². The average molecular weight is 218 g/mol. The number of aliphatic hydroxyl groups is 1. The van der Waals surface area contributed by atoms with Gasteiger partial charge in [0.25, 0.3) is 0 Å². The number of hydrogen-bond donors (Lipinski definition) is 1. The van der Waals surface area contributed by atoms with Crippen LogP contribution in [-0.2, 0) is 22.5 Å². The van der Waals surface area contributed by atoms with Crippen molar-refractivity contribution in [1.82, 2.24) is 0 Å². The Hall–Kier alpha value is 2.04. The summed E-state index contributed by atoms with van der Waals surface area (Å²) in [6.07, 6.45) is 0. The maximum absolute atomic E-state index is 10.2. The molecule has 52 valence electrons. The van der Waals surface area contributed by atoms with E-state index in [1.54, 1.807) is 0 Å². The summed E-state index contributed by atoms with van der Waals surface area (Å²) in [5, 5.41) is 8.36. The van der Waals surface area contributed by atoms with Crippen LogP contribution in [0.4, 0.5) is 0 Å². The fraction of sp³-hybridized carbons (Fsp3) is 1.00. The van der Waals surface area contributed by atoms with Crippen molar-refractivity contribution in [2.75, 3.05) is 0 Å². The zero-order chi connectivity index (χ0) is 6.85. The number of hydrogen-bond acceptors (Lipinski definition) is 6. The third-order valence-electron chi connectivity index (χ3n) is 0.486. The molecule has 2 atom stereocenters. The standard InChI is InChI=1S/CH2O6P2.2Na/c2-1-5-8(3)7-9(4)6-1;;/h1-2H;;/q+2;;. The molecule has 11 heavy (non-hydrogen) atoms. The van der Waals surface area contributed by atoms with E-state index in [4.69, 9.17) is 5.11 Å². The summed E-state index contributed by atoms with van der Waals surface area (Å²) >= 11 is 0. The Balaban J connectivity index is 0. The van der Waals surface area contributed by atoms with Crippen LogP contribution >= 0.6 is 16.5 Å². The largest absolute Gasteiger partial charge is 0.753 e. The minimum atomic E-state index is -2.48. The molecule has 6 nitrogen and oxygen atoms in total. The van der Waals surface area contributed by atoms with Crippen molar-refractivity contribution < 1.29 is 27.6 Å². The molecule has 1 aliphatic rings. The van der Waals surface area contributed by atoms with Crippen molar-refractivity contribution in [3.05, 3.63) is 0 Å². The second-order valence-corrected chi connectivity index (χ2v) is 3.02.